The van der Waals surface area contributed by atoms with Crippen molar-refractivity contribution in [3.63, 3.8) is 0 Å². The quantitative estimate of drug-likeness (QED) is 0.829. The van der Waals surface area contributed by atoms with Crippen LogP contribution in [0, 0.1) is 5.41 Å². The van der Waals surface area contributed by atoms with Crippen molar-refractivity contribution in [2.75, 3.05) is 39.4 Å². The average molecular weight is 348 g/mol. The molecule has 0 radical (unpaired) electrons. The van der Waals surface area contributed by atoms with Gasteiger partial charge in [0.1, 0.15) is 0 Å². The van der Waals surface area contributed by atoms with Gasteiger partial charge < -0.3 is 14.7 Å². The van der Waals surface area contributed by atoms with Crippen LogP contribution in [0.3, 0.4) is 0 Å². The molecule has 3 fully saturated rings. The van der Waals surface area contributed by atoms with Crippen LogP contribution in [-0.4, -0.2) is 82.5 Å². The number of amides is 1. The summed E-state index contributed by atoms with van der Waals surface area (Å²) in [4.78, 5) is 16.9. The Hall–Kier alpha value is -1.44. The number of carbonyl (C=O) groups excluding carboxylic acids is 1. The van der Waals surface area contributed by atoms with Crippen LogP contribution < -0.4 is 0 Å². The van der Waals surface area contributed by atoms with Gasteiger partial charge in [-0.25, -0.2) is 0 Å². The number of β-amino-alcohol motifs (C(OH)–C–C–N with tert-alkyl or cyclic N) is 1. The molecule has 2 N–H and O–H groups in total. The molecule has 4 heterocycles. The third-order valence-corrected chi connectivity index (χ3v) is 6.22. The molecule has 3 aliphatic heterocycles. The molecule has 1 amide bonds. The number of hydrogen-bond acceptors (Lipinski definition) is 5. The van der Waals surface area contributed by atoms with Gasteiger partial charge in [0.15, 0.2) is 0 Å². The van der Waals surface area contributed by atoms with Gasteiger partial charge in [-0.2, -0.15) is 5.10 Å². The number of aliphatic hydroxyl groups excluding tert-OH is 1. The van der Waals surface area contributed by atoms with E-state index in [-0.39, 0.29) is 17.4 Å². The lowest BCUT2D eigenvalue weighted by Crippen LogP contribution is -2.57. The number of rotatable bonds is 2. The normalized spacial score (nSPS) is 28.4. The van der Waals surface area contributed by atoms with Crippen molar-refractivity contribution < 1.29 is 14.6 Å². The summed E-state index contributed by atoms with van der Waals surface area (Å²) in [7, 11) is 0. The highest BCUT2D eigenvalue weighted by Crippen LogP contribution is 2.41. The first kappa shape index (κ1) is 17.0. The number of piperidine rings is 2. The van der Waals surface area contributed by atoms with Crippen molar-refractivity contribution >= 4 is 5.91 Å². The zero-order chi connectivity index (χ0) is 17.3. The van der Waals surface area contributed by atoms with E-state index in [0.717, 1.165) is 71.5 Å². The van der Waals surface area contributed by atoms with Crippen LogP contribution in [-0.2, 0) is 4.74 Å². The van der Waals surface area contributed by atoms with E-state index in [4.69, 9.17) is 4.74 Å². The first-order chi connectivity index (χ1) is 12.2. The van der Waals surface area contributed by atoms with Crippen LogP contribution in [0.1, 0.15) is 42.5 Å². The van der Waals surface area contributed by atoms with E-state index in [2.05, 4.69) is 15.1 Å². The molecule has 25 heavy (non-hydrogen) atoms. The molecular weight excluding hydrogens is 320 g/mol. The Labute approximate surface area is 148 Å². The smallest absolute Gasteiger partial charge is 0.257 e. The summed E-state index contributed by atoms with van der Waals surface area (Å²) >= 11 is 0. The number of H-pyrrole nitrogens is 1. The minimum atomic E-state index is -0.257. The summed E-state index contributed by atoms with van der Waals surface area (Å²) in [5.41, 5.74) is 0.770. The Kier molecular flexibility index (Phi) is 4.80. The number of nitrogens with zero attached hydrogens (tertiary/aromatic N) is 3. The number of nitrogens with one attached hydrogen (secondary N) is 1. The lowest BCUT2D eigenvalue weighted by molar-refractivity contribution is -0.0695. The van der Waals surface area contributed by atoms with E-state index in [1.807, 2.05) is 4.90 Å². The number of aromatic nitrogens is 2. The minimum absolute atomic E-state index is 0.0567. The topological polar surface area (TPSA) is 81.7 Å². The maximum Gasteiger partial charge on any atom is 0.257 e. The Bertz CT molecular complexity index is 577. The van der Waals surface area contributed by atoms with Gasteiger partial charge in [0.2, 0.25) is 0 Å². The summed E-state index contributed by atoms with van der Waals surface area (Å²) in [5, 5.41) is 17.1. The van der Waals surface area contributed by atoms with Crippen LogP contribution in [0.4, 0.5) is 0 Å². The largest absolute Gasteiger partial charge is 0.392 e. The molecule has 0 aromatic carbocycles. The maximum absolute atomic E-state index is 12.5. The first-order valence-electron chi connectivity index (χ1n) is 9.43. The molecule has 138 valence electrons. The average Bonchev–Trinajstić information content (AvgIpc) is 3.17. The Balaban J connectivity index is 1.39. The van der Waals surface area contributed by atoms with E-state index < -0.39 is 0 Å². The van der Waals surface area contributed by atoms with Gasteiger partial charge in [-0.15, -0.1) is 0 Å². The fraction of sp³-hybridized carbons (Fsp3) is 0.778. The van der Waals surface area contributed by atoms with Gasteiger partial charge in [-0.05, 0) is 37.5 Å². The minimum Gasteiger partial charge on any atom is -0.392 e. The van der Waals surface area contributed by atoms with Gasteiger partial charge in [-0.1, -0.05) is 0 Å². The molecule has 1 aromatic heterocycles. The zero-order valence-corrected chi connectivity index (χ0v) is 14.7. The van der Waals surface area contributed by atoms with Crippen LogP contribution in [0.25, 0.3) is 0 Å². The van der Waals surface area contributed by atoms with Gasteiger partial charge in [0.25, 0.3) is 5.91 Å². The summed E-state index contributed by atoms with van der Waals surface area (Å²) in [6, 6.07) is 0.533. The number of hydrogen-bond donors (Lipinski definition) is 2. The molecule has 0 aliphatic carbocycles. The van der Waals surface area contributed by atoms with Gasteiger partial charge in [-0.3, -0.25) is 14.8 Å². The molecule has 0 saturated carbocycles. The number of aromatic amines is 1. The Morgan fingerprint density at radius 2 is 2.08 bits per heavy atom. The molecule has 3 aliphatic rings. The van der Waals surface area contributed by atoms with Crippen LogP contribution in [0.5, 0.6) is 0 Å². The number of ether oxygens (including phenoxy) is 1. The van der Waals surface area contributed by atoms with Crippen LogP contribution in [0.2, 0.25) is 0 Å². The summed E-state index contributed by atoms with van der Waals surface area (Å²) in [6.07, 6.45) is 7.91. The number of carbonyl (C=O) groups is 1. The molecule has 3 saturated heterocycles. The van der Waals surface area contributed by atoms with E-state index in [0.29, 0.717) is 11.6 Å². The SMILES string of the molecule is O=C(c1cn[nH]c1)N1CCC2(CC1)CC(O)CN(C1CCOCC1)C2. The van der Waals surface area contributed by atoms with Crippen molar-refractivity contribution in [3.8, 4) is 0 Å². The third kappa shape index (κ3) is 3.59. The lowest BCUT2D eigenvalue weighted by atomic mass is 9.71. The van der Waals surface area contributed by atoms with Gasteiger partial charge in [0, 0.05) is 51.6 Å². The number of likely N-dealkylation sites (tertiary alicyclic amines) is 2. The van der Waals surface area contributed by atoms with Crippen LogP contribution in [0.15, 0.2) is 12.4 Å². The highest BCUT2D eigenvalue weighted by molar-refractivity contribution is 5.93. The predicted octanol–water partition coefficient (Wildman–Crippen LogP) is 0.878. The van der Waals surface area contributed by atoms with Crippen molar-refractivity contribution in [1.82, 2.24) is 20.0 Å². The summed E-state index contributed by atoms with van der Waals surface area (Å²) < 4.78 is 5.49. The summed E-state index contributed by atoms with van der Waals surface area (Å²) in [6.45, 7) is 5.01. The van der Waals surface area contributed by atoms with E-state index in [1.165, 1.54) is 0 Å². The second-order valence-corrected chi connectivity index (χ2v) is 7.91. The van der Waals surface area contributed by atoms with E-state index in [9.17, 15) is 9.90 Å². The second kappa shape index (κ2) is 7.05. The standard InChI is InChI=1S/C18H28N4O3/c23-16-9-18(13-22(12-16)15-1-7-25-8-2-15)3-5-21(6-4-18)17(24)14-10-19-20-11-14/h10-11,15-16,23H,1-9,12-13H2,(H,19,20). The van der Waals surface area contributed by atoms with Crippen molar-refractivity contribution in [2.45, 2.75) is 44.2 Å². The zero-order valence-electron chi connectivity index (χ0n) is 14.7. The molecule has 1 aromatic rings. The molecule has 7 nitrogen and oxygen atoms in total. The third-order valence-electron chi connectivity index (χ3n) is 6.22. The Morgan fingerprint density at radius 1 is 1.32 bits per heavy atom. The van der Waals surface area contributed by atoms with Crippen molar-refractivity contribution in [2.24, 2.45) is 5.41 Å². The van der Waals surface area contributed by atoms with E-state index >= 15 is 0 Å². The highest BCUT2D eigenvalue weighted by Gasteiger charge is 2.43. The molecule has 0 bridgehead atoms. The fourth-order valence-corrected chi connectivity index (χ4v) is 4.82. The van der Waals surface area contributed by atoms with Crippen molar-refractivity contribution in [1.29, 1.82) is 0 Å². The van der Waals surface area contributed by atoms with Gasteiger partial charge >= 0.3 is 0 Å². The monoisotopic (exact) mass is 348 g/mol. The first-order valence-corrected chi connectivity index (χ1v) is 9.43. The molecule has 1 spiro atoms. The molecule has 1 atom stereocenters. The molecule has 7 heteroatoms. The van der Waals surface area contributed by atoms with Crippen LogP contribution >= 0.6 is 0 Å². The Morgan fingerprint density at radius 3 is 2.76 bits per heavy atom. The van der Waals surface area contributed by atoms with Crippen molar-refractivity contribution in [3.05, 3.63) is 18.0 Å². The molecular formula is C18H28N4O3. The molecule has 1 unspecified atom stereocenters. The second-order valence-electron chi connectivity index (χ2n) is 7.91. The lowest BCUT2D eigenvalue weighted by Gasteiger charge is -2.51. The number of aliphatic hydroxyl groups is 1. The predicted molar refractivity (Wildman–Crippen MR) is 92.2 cm³/mol. The maximum atomic E-state index is 12.5. The summed E-state index contributed by atoms with van der Waals surface area (Å²) in [5.74, 6) is 0.0567. The van der Waals surface area contributed by atoms with E-state index in [1.54, 1.807) is 12.4 Å². The van der Waals surface area contributed by atoms with Gasteiger partial charge in [0.05, 0.1) is 17.9 Å². The molecule has 4 rings (SSSR count). The highest BCUT2D eigenvalue weighted by atomic mass is 16.5. The fourth-order valence-electron chi connectivity index (χ4n) is 4.82.